The van der Waals surface area contributed by atoms with Crippen molar-refractivity contribution in [3.8, 4) is 16.9 Å². The summed E-state index contributed by atoms with van der Waals surface area (Å²) in [6.07, 6.45) is 1.69. The van der Waals surface area contributed by atoms with Crippen molar-refractivity contribution in [2.75, 3.05) is 7.11 Å². The first-order valence-electron chi connectivity index (χ1n) is 7.27. The van der Waals surface area contributed by atoms with Crippen LogP contribution in [-0.2, 0) is 7.05 Å². The zero-order chi connectivity index (χ0) is 16.7. The molecule has 3 rings (SSSR count). The molecular formula is C18H18N2O3. The SMILES string of the molecule is COc1ccc(C)c(-c2cc(C(=O)O)cc3cnn(C)c23)c1C. The standard InChI is InChI=1S/C18H18N2O3/c1-10-5-6-15(23-4)11(2)16(10)14-8-12(18(21)22)7-13-9-19-20(3)17(13)14/h5-9H,1-4H3,(H,21,22). The third-order valence-corrected chi connectivity index (χ3v) is 4.19. The number of benzene rings is 2. The van der Waals surface area contributed by atoms with Gasteiger partial charge in [-0.1, -0.05) is 6.07 Å². The summed E-state index contributed by atoms with van der Waals surface area (Å²) in [5.74, 6) is -0.170. The summed E-state index contributed by atoms with van der Waals surface area (Å²) in [7, 11) is 3.49. The van der Waals surface area contributed by atoms with Crippen LogP contribution in [0.2, 0.25) is 0 Å². The third kappa shape index (κ3) is 2.34. The van der Waals surface area contributed by atoms with Crippen molar-refractivity contribution in [2.24, 2.45) is 7.05 Å². The number of nitrogens with zero attached hydrogens (tertiary/aromatic N) is 2. The van der Waals surface area contributed by atoms with Crippen LogP contribution >= 0.6 is 0 Å². The highest BCUT2D eigenvalue weighted by atomic mass is 16.5. The average Bonchev–Trinajstić information content (AvgIpc) is 2.89. The lowest BCUT2D eigenvalue weighted by molar-refractivity contribution is 0.0697. The second-order valence-electron chi connectivity index (χ2n) is 5.62. The van der Waals surface area contributed by atoms with Gasteiger partial charge in [0.2, 0.25) is 0 Å². The summed E-state index contributed by atoms with van der Waals surface area (Å²) in [4.78, 5) is 11.5. The zero-order valence-corrected chi connectivity index (χ0v) is 13.5. The largest absolute Gasteiger partial charge is 0.496 e. The molecule has 0 aliphatic heterocycles. The predicted octanol–water partition coefficient (Wildman–Crippen LogP) is 3.56. The number of hydrogen-bond donors (Lipinski definition) is 1. The Kier molecular flexibility index (Phi) is 3.56. The highest BCUT2D eigenvalue weighted by Gasteiger charge is 2.18. The van der Waals surface area contributed by atoms with E-state index in [1.165, 1.54) is 0 Å². The molecule has 5 heteroatoms. The molecular weight excluding hydrogens is 292 g/mol. The molecule has 0 aliphatic carbocycles. The Morgan fingerprint density at radius 3 is 2.65 bits per heavy atom. The molecule has 3 aromatic rings. The second-order valence-corrected chi connectivity index (χ2v) is 5.62. The van der Waals surface area contributed by atoms with Crippen LogP contribution in [0.1, 0.15) is 21.5 Å². The Morgan fingerprint density at radius 2 is 2.00 bits per heavy atom. The molecule has 0 bridgehead atoms. The van der Waals surface area contributed by atoms with Crippen LogP contribution in [-0.4, -0.2) is 28.0 Å². The highest BCUT2D eigenvalue weighted by Crippen LogP contribution is 2.37. The van der Waals surface area contributed by atoms with Crippen molar-refractivity contribution in [3.63, 3.8) is 0 Å². The molecule has 1 N–H and O–H groups in total. The van der Waals surface area contributed by atoms with E-state index in [-0.39, 0.29) is 5.56 Å². The minimum Gasteiger partial charge on any atom is -0.496 e. The van der Waals surface area contributed by atoms with E-state index in [0.29, 0.717) is 0 Å². The molecule has 0 fully saturated rings. The molecule has 2 aromatic carbocycles. The first-order valence-corrected chi connectivity index (χ1v) is 7.27. The van der Waals surface area contributed by atoms with Gasteiger partial charge in [0, 0.05) is 18.0 Å². The molecule has 0 atom stereocenters. The summed E-state index contributed by atoms with van der Waals surface area (Å²) in [6, 6.07) is 7.27. The van der Waals surface area contributed by atoms with E-state index in [4.69, 9.17) is 4.74 Å². The first kappa shape index (κ1) is 15.1. The number of carboxylic acid groups (broad SMARTS) is 1. The fraction of sp³-hybridized carbons (Fsp3) is 0.222. The van der Waals surface area contributed by atoms with Gasteiger partial charge in [-0.05, 0) is 48.7 Å². The fourth-order valence-corrected chi connectivity index (χ4v) is 3.10. The fourth-order valence-electron chi connectivity index (χ4n) is 3.10. The van der Waals surface area contributed by atoms with E-state index in [1.807, 2.05) is 33.0 Å². The van der Waals surface area contributed by atoms with Gasteiger partial charge >= 0.3 is 5.97 Å². The lowest BCUT2D eigenvalue weighted by Crippen LogP contribution is -2.01. The van der Waals surface area contributed by atoms with Crippen LogP contribution in [0.15, 0.2) is 30.5 Å². The summed E-state index contributed by atoms with van der Waals surface area (Å²) in [6.45, 7) is 3.99. The van der Waals surface area contributed by atoms with Crippen LogP contribution in [0.4, 0.5) is 0 Å². The van der Waals surface area contributed by atoms with Gasteiger partial charge in [-0.25, -0.2) is 4.79 Å². The minimum absolute atomic E-state index is 0.252. The number of carbonyl (C=O) groups is 1. The maximum Gasteiger partial charge on any atom is 0.335 e. The molecule has 0 saturated heterocycles. The van der Waals surface area contributed by atoms with Crippen LogP contribution in [0, 0.1) is 13.8 Å². The van der Waals surface area contributed by atoms with Crippen LogP contribution in [0.25, 0.3) is 22.0 Å². The quantitative estimate of drug-likeness (QED) is 0.803. The summed E-state index contributed by atoms with van der Waals surface area (Å²) in [5, 5.41) is 14.5. The molecule has 1 heterocycles. The predicted molar refractivity (Wildman–Crippen MR) is 89.1 cm³/mol. The number of rotatable bonds is 3. The monoisotopic (exact) mass is 310 g/mol. The Labute approximate surface area is 134 Å². The topological polar surface area (TPSA) is 64.3 Å². The van der Waals surface area contributed by atoms with Gasteiger partial charge < -0.3 is 9.84 Å². The number of ether oxygens (including phenoxy) is 1. The Hall–Kier alpha value is -2.82. The third-order valence-electron chi connectivity index (χ3n) is 4.19. The van der Waals surface area contributed by atoms with E-state index in [1.54, 1.807) is 30.1 Å². The maximum atomic E-state index is 11.5. The van der Waals surface area contributed by atoms with Crippen LogP contribution < -0.4 is 4.74 Å². The van der Waals surface area contributed by atoms with Crippen molar-refractivity contribution < 1.29 is 14.6 Å². The first-order chi connectivity index (χ1) is 10.9. The molecule has 0 aliphatic rings. The molecule has 0 radical (unpaired) electrons. The number of methoxy groups -OCH3 is 1. The lowest BCUT2D eigenvalue weighted by Gasteiger charge is -2.16. The van der Waals surface area contributed by atoms with Crippen molar-refractivity contribution in [1.82, 2.24) is 9.78 Å². The van der Waals surface area contributed by atoms with Gasteiger partial charge in [0.15, 0.2) is 0 Å². The molecule has 118 valence electrons. The van der Waals surface area contributed by atoms with Crippen molar-refractivity contribution in [1.29, 1.82) is 0 Å². The zero-order valence-electron chi connectivity index (χ0n) is 13.5. The number of hydrogen-bond acceptors (Lipinski definition) is 3. The van der Waals surface area contributed by atoms with Gasteiger partial charge in [-0.3, -0.25) is 4.68 Å². The maximum absolute atomic E-state index is 11.5. The van der Waals surface area contributed by atoms with Crippen molar-refractivity contribution in [3.05, 3.63) is 47.2 Å². The molecule has 5 nitrogen and oxygen atoms in total. The van der Waals surface area contributed by atoms with Gasteiger partial charge in [-0.15, -0.1) is 0 Å². The number of fused-ring (bicyclic) bond motifs is 1. The van der Waals surface area contributed by atoms with Crippen LogP contribution in [0.5, 0.6) is 5.75 Å². The molecule has 0 spiro atoms. The molecule has 0 unspecified atom stereocenters. The molecule has 1 aromatic heterocycles. The van der Waals surface area contributed by atoms with Gasteiger partial charge in [0.1, 0.15) is 5.75 Å². The number of aromatic nitrogens is 2. The summed E-state index contributed by atoms with van der Waals surface area (Å²) in [5.41, 5.74) is 5.05. The van der Waals surface area contributed by atoms with E-state index >= 15 is 0 Å². The Bertz CT molecular complexity index is 926. The van der Waals surface area contributed by atoms with E-state index in [9.17, 15) is 9.90 Å². The average molecular weight is 310 g/mol. The van der Waals surface area contributed by atoms with Crippen molar-refractivity contribution in [2.45, 2.75) is 13.8 Å². The summed E-state index contributed by atoms with van der Waals surface area (Å²) >= 11 is 0. The molecule has 23 heavy (non-hydrogen) atoms. The Balaban J connectivity index is 2.44. The number of aryl methyl sites for hydroxylation is 2. The normalized spacial score (nSPS) is 11.0. The Morgan fingerprint density at radius 1 is 1.26 bits per heavy atom. The van der Waals surface area contributed by atoms with E-state index < -0.39 is 5.97 Å². The minimum atomic E-state index is -0.949. The number of aromatic carboxylic acids is 1. The second kappa shape index (κ2) is 5.43. The van der Waals surface area contributed by atoms with Gasteiger partial charge in [-0.2, -0.15) is 5.10 Å². The smallest absolute Gasteiger partial charge is 0.335 e. The molecule has 0 saturated carbocycles. The van der Waals surface area contributed by atoms with E-state index in [0.717, 1.165) is 38.9 Å². The van der Waals surface area contributed by atoms with Crippen LogP contribution in [0.3, 0.4) is 0 Å². The van der Waals surface area contributed by atoms with E-state index in [2.05, 4.69) is 5.10 Å². The van der Waals surface area contributed by atoms with Gasteiger partial charge in [0.25, 0.3) is 0 Å². The highest BCUT2D eigenvalue weighted by molar-refractivity contribution is 6.02. The summed E-state index contributed by atoms with van der Waals surface area (Å²) < 4.78 is 7.20. The molecule has 0 amide bonds. The van der Waals surface area contributed by atoms with Crippen molar-refractivity contribution >= 4 is 16.9 Å². The lowest BCUT2D eigenvalue weighted by atomic mass is 9.92. The number of carboxylic acids is 1. The van der Waals surface area contributed by atoms with Gasteiger partial charge in [0.05, 0.1) is 24.4 Å².